The van der Waals surface area contributed by atoms with Gasteiger partial charge in [0.05, 0.1) is 23.4 Å². The lowest BCUT2D eigenvalue weighted by Gasteiger charge is -2.06. The molecule has 0 radical (unpaired) electrons. The predicted molar refractivity (Wildman–Crippen MR) is 95.7 cm³/mol. The molecule has 0 unspecified atom stereocenters. The Morgan fingerprint density at radius 3 is 2.38 bits per heavy atom. The minimum Gasteiger partial charge on any atom is -0.494 e. The fourth-order valence-corrected chi connectivity index (χ4v) is 2.52. The largest absolute Gasteiger partial charge is 0.494 e. The Morgan fingerprint density at radius 2 is 1.79 bits per heavy atom. The topological polar surface area (TPSA) is 59.9 Å². The number of hydrogen-bond donors (Lipinski definition) is 1. The number of methoxy groups -OCH3 is 1. The van der Waals surface area contributed by atoms with Crippen LogP contribution in [0.3, 0.4) is 0 Å². The van der Waals surface area contributed by atoms with Crippen LogP contribution in [0.2, 0.25) is 15.1 Å². The summed E-state index contributed by atoms with van der Waals surface area (Å²) >= 11 is 17.8. The van der Waals surface area contributed by atoms with Gasteiger partial charge < -0.3 is 9.47 Å². The SMILES string of the molecule is COc1c(Cl)cc(/C=N\NC(=O)COc2ccc(Cl)cc2)cc1Cl. The molecule has 2 rings (SSSR count). The maximum atomic E-state index is 11.7. The van der Waals surface area contributed by atoms with Gasteiger partial charge in [-0.05, 0) is 42.0 Å². The second-order valence-corrected chi connectivity index (χ2v) is 5.80. The molecule has 2 aromatic carbocycles. The third-order valence-electron chi connectivity index (χ3n) is 2.81. The molecule has 0 fully saturated rings. The van der Waals surface area contributed by atoms with Gasteiger partial charge in [-0.25, -0.2) is 5.43 Å². The van der Waals surface area contributed by atoms with E-state index < -0.39 is 5.91 Å². The zero-order valence-electron chi connectivity index (χ0n) is 12.6. The smallest absolute Gasteiger partial charge is 0.277 e. The van der Waals surface area contributed by atoms with Gasteiger partial charge in [0.25, 0.3) is 5.91 Å². The van der Waals surface area contributed by atoms with Crippen molar-refractivity contribution in [1.29, 1.82) is 0 Å². The molecule has 8 heteroatoms. The van der Waals surface area contributed by atoms with Crippen LogP contribution in [0.1, 0.15) is 5.56 Å². The molecule has 0 atom stereocenters. The molecule has 0 heterocycles. The van der Waals surface area contributed by atoms with E-state index in [1.807, 2.05) is 0 Å². The van der Waals surface area contributed by atoms with Gasteiger partial charge in [-0.1, -0.05) is 34.8 Å². The van der Waals surface area contributed by atoms with Gasteiger partial charge in [0.15, 0.2) is 12.4 Å². The van der Waals surface area contributed by atoms with Crippen LogP contribution >= 0.6 is 34.8 Å². The number of carbonyl (C=O) groups excluding carboxylic acids is 1. The van der Waals surface area contributed by atoms with Crippen molar-refractivity contribution < 1.29 is 14.3 Å². The summed E-state index contributed by atoms with van der Waals surface area (Å²) in [5.74, 6) is 0.509. The first-order valence-corrected chi connectivity index (χ1v) is 7.86. The van der Waals surface area contributed by atoms with E-state index in [9.17, 15) is 4.79 Å². The minimum atomic E-state index is -0.410. The molecule has 0 aliphatic carbocycles. The monoisotopic (exact) mass is 386 g/mol. The maximum Gasteiger partial charge on any atom is 0.277 e. The molecule has 24 heavy (non-hydrogen) atoms. The summed E-state index contributed by atoms with van der Waals surface area (Å²) in [6.45, 7) is -0.177. The molecule has 5 nitrogen and oxygen atoms in total. The van der Waals surface area contributed by atoms with Crippen molar-refractivity contribution in [3.8, 4) is 11.5 Å². The highest BCUT2D eigenvalue weighted by Gasteiger charge is 2.07. The number of carbonyl (C=O) groups is 1. The summed E-state index contributed by atoms with van der Waals surface area (Å²) in [7, 11) is 1.47. The Kier molecular flexibility index (Phi) is 6.73. The molecule has 0 aliphatic heterocycles. The van der Waals surface area contributed by atoms with Gasteiger partial charge in [-0.2, -0.15) is 5.10 Å². The lowest BCUT2D eigenvalue weighted by molar-refractivity contribution is -0.123. The number of amides is 1. The van der Waals surface area contributed by atoms with Gasteiger partial charge >= 0.3 is 0 Å². The van der Waals surface area contributed by atoms with Crippen molar-refractivity contribution in [3.05, 3.63) is 57.0 Å². The Labute approximate surface area is 154 Å². The van der Waals surface area contributed by atoms with Crippen LogP contribution in [-0.2, 0) is 4.79 Å². The summed E-state index contributed by atoms with van der Waals surface area (Å²) in [5.41, 5.74) is 2.96. The maximum absolute atomic E-state index is 11.7. The fourth-order valence-electron chi connectivity index (χ4n) is 1.74. The Balaban J connectivity index is 1.87. The van der Waals surface area contributed by atoms with Crippen molar-refractivity contribution in [2.45, 2.75) is 0 Å². The first-order chi connectivity index (χ1) is 11.5. The highest BCUT2D eigenvalue weighted by atomic mass is 35.5. The van der Waals surface area contributed by atoms with Crippen molar-refractivity contribution >= 4 is 46.9 Å². The van der Waals surface area contributed by atoms with E-state index in [1.165, 1.54) is 13.3 Å². The molecule has 126 valence electrons. The third kappa shape index (κ3) is 5.30. The molecule has 1 amide bonds. The number of ether oxygens (including phenoxy) is 2. The number of hydrazone groups is 1. The van der Waals surface area contributed by atoms with Crippen molar-refractivity contribution in [3.63, 3.8) is 0 Å². The van der Waals surface area contributed by atoms with Crippen molar-refractivity contribution in [1.82, 2.24) is 5.43 Å². The lowest BCUT2D eigenvalue weighted by atomic mass is 10.2. The number of halogens is 3. The van der Waals surface area contributed by atoms with E-state index in [1.54, 1.807) is 36.4 Å². The molecule has 0 saturated heterocycles. The van der Waals surface area contributed by atoms with Crippen LogP contribution in [0.25, 0.3) is 0 Å². The average Bonchev–Trinajstić information content (AvgIpc) is 2.54. The molecule has 0 aromatic heterocycles. The van der Waals surface area contributed by atoms with Gasteiger partial charge in [0.1, 0.15) is 5.75 Å². The van der Waals surface area contributed by atoms with Gasteiger partial charge in [-0.3, -0.25) is 4.79 Å². The van der Waals surface area contributed by atoms with E-state index in [2.05, 4.69) is 10.5 Å². The van der Waals surface area contributed by atoms with E-state index in [-0.39, 0.29) is 6.61 Å². The van der Waals surface area contributed by atoms with Crippen LogP contribution in [0.5, 0.6) is 11.5 Å². The number of rotatable bonds is 6. The van der Waals surface area contributed by atoms with Crippen molar-refractivity contribution in [2.24, 2.45) is 5.10 Å². The van der Waals surface area contributed by atoms with E-state index in [4.69, 9.17) is 44.3 Å². The molecule has 2 aromatic rings. The van der Waals surface area contributed by atoms with Crippen LogP contribution in [0.15, 0.2) is 41.5 Å². The summed E-state index contributed by atoms with van der Waals surface area (Å²) in [4.78, 5) is 11.7. The van der Waals surface area contributed by atoms with Crippen LogP contribution in [-0.4, -0.2) is 25.8 Å². The van der Waals surface area contributed by atoms with E-state index in [0.717, 1.165) is 0 Å². The summed E-state index contributed by atoms with van der Waals surface area (Å²) in [5, 5.41) is 5.11. The average molecular weight is 388 g/mol. The molecule has 0 aliphatic rings. The normalized spacial score (nSPS) is 10.7. The number of nitrogens with zero attached hydrogens (tertiary/aromatic N) is 1. The zero-order chi connectivity index (χ0) is 17.5. The molecule has 1 N–H and O–H groups in total. The van der Waals surface area contributed by atoms with E-state index >= 15 is 0 Å². The Hall–Kier alpha value is -1.95. The standard InChI is InChI=1S/C16H13Cl3N2O3/c1-23-16-13(18)6-10(7-14(16)19)8-20-21-15(22)9-24-12-4-2-11(17)3-5-12/h2-8H,9H2,1H3,(H,21,22)/b20-8-. The Bertz CT molecular complexity index is 726. The fraction of sp³-hybridized carbons (Fsp3) is 0.125. The molecule has 0 spiro atoms. The molecular weight excluding hydrogens is 375 g/mol. The molecule has 0 bridgehead atoms. The lowest BCUT2D eigenvalue weighted by Crippen LogP contribution is -2.24. The number of hydrogen-bond acceptors (Lipinski definition) is 4. The van der Waals surface area contributed by atoms with Gasteiger partial charge in [-0.15, -0.1) is 0 Å². The summed E-state index contributed by atoms with van der Waals surface area (Å²) in [6, 6.07) is 9.91. The number of nitrogens with one attached hydrogen (secondary N) is 1. The highest BCUT2D eigenvalue weighted by molar-refractivity contribution is 6.37. The van der Waals surface area contributed by atoms with Gasteiger partial charge in [0.2, 0.25) is 0 Å². The number of benzene rings is 2. The second kappa shape index (κ2) is 8.78. The molecular formula is C16H13Cl3N2O3. The van der Waals surface area contributed by atoms with Crippen LogP contribution < -0.4 is 14.9 Å². The minimum absolute atomic E-state index is 0.177. The predicted octanol–water partition coefficient (Wildman–Crippen LogP) is 4.18. The third-order valence-corrected chi connectivity index (χ3v) is 3.62. The molecule has 0 saturated carbocycles. The van der Waals surface area contributed by atoms with Gasteiger partial charge in [0, 0.05) is 5.02 Å². The van der Waals surface area contributed by atoms with E-state index in [0.29, 0.717) is 32.1 Å². The first-order valence-electron chi connectivity index (χ1n) is 6.73. The summed E-state index contributed by atoms with van der Waals surface area (Å²) in [6.07, 6.45) is 1.41. The van der Waals surface area contributed by atoms with Crippen LogP contribution in [0.4, 0.5) is 0 Å². The first kappa shape index (κ1) is 18.4. The van der Waals surface area contributed by atoms with Crippen molar-refractivity contribution in [2.75, 3.05) is 13.7 Å². The Morgan fingerprint density at radius 1 is 1.17 bits per heavy atom. The quantitative estimate of drug-likeness (QED) is 0.597. The summed E-state index contributed by atoms with van der Waals surface area (Å²) < 4.78 is 10.3. The second-order valence-electron chi connectivity index (χ2n) is 4.55. The zero-order valence-corrected chi connectivity index (χ0v) is 14.8. The highest BCUT2D eigenvalue weighted by Crippen LogP contribution is 2.33. The van der Waals surface area contributed by atoms with Crippen LogP contribution in [0, 0.1) is 0 Å².